The van der Waals surface area contributed by atoms with Crippen LogP contribution in [0.2, 0.25) is 0 Å². The fraction of sp³-hybridized carbons (Fsp3) is 1.00. The molecule has 0 amide bonds. The molecule has 0 aromatic carbocycles. The number of likely N-dealkylation sites (tertiary alicyclic amines) is 1. The Hall–Kier alpha value is -0.0400. The fourth-order valence-electron chi connectivity index (χ4n) is 2.90. The normalized spacial score (nSPS) is 20.8. The maximum atomic E-state index is 2.63. The van der Waals surface area contributed by atoms with Gasteiger partial charge < -0.3 is 4.90 Å². The lowest BCUT2D eigenvalue weighted by molar-refractivity contribution is -0.0150. The number of hydrogen-bond donors (Lipinski definition) is 0. The van der Waals surface area contributed by atoms with Crippen LogP contribution in [-0.2, 0) is 0 Å². The lowest BCUT2D eigenvalue weighted by atomic mass is 9.72. The lowest BCUT2D eigenvalue weighted by Gasteiger charge is -2.51. The van der Waals surface area contributed by atoms with Gasteiger partial charge in [0.25, 0.3) is 0 Å². The molecule has 0 N–H and O–H groups in total. The van der Waals surface area contributed by atoms with Gasteiger partial charge in [-0.1, -0.05) is 40.0 Å². The number of hydrogen-bond acceptors (Lipinski definition) is 1. The second-order valence-electron chi connectivity index (χ2n) is 5.06. The van der Waals surface area contributed by atoms with Crippen LogP contribution in [0.1, 0.15) is 59.3 Å². The summed E-state index contributed by atoms with van der Waals surface area (Å²) in [6, 6.07) is 0. The molecule has 0 spiro atoms. The second kappa shape index (κ2) is 5.75. The van der Waals surface area contributed by atoms with Crippen molar-refractivity contribution in [3.63, 3.8) is 0 Å². The first-order valence-corrected chi connectivity index (χ1v) is 6.48. The summed E-state index contributed by atoms with van der Waals surface area (Å²) in [6.07, 6.45) is 8.39. The van der Waals surface area contributed by atoms with Crippen LogP contribution in [0.15, 0.2) is 0 Å². The highest BCUT2D eigenvalue weighted by atomic mass is 15.2. The van der Waals surface area contributed by atoms with Gasteiger partial charge in [-0.15, -0.1) is 0 Å². The van der Waals surface area contributed by atoms with E-state index in [9.17, 15) is 0 Å². The van der Waals surface area contributed by atoms with Gasteiger partial charge in [0.15, 0.2) is 0 Å². The highest BCUT2D eigenvalue weighted by molar-refractivity contribution is 4.94. The SMILES string of the molecule is CCCCC1(CCC)CN(CCC)C1. The highest BCUT2D eigenvalue weighted by Gasteiger charge is 2.40. The Morgan fingerprint density at radius 2 is 1.64 bits per heavy atom. The fourth-order valence-corrected chi connectivity index (χ4v) is 2.90. The van der Waals surface area contributed by atoms with E-state index >= 15 is 0 Å². The third kappa shape index (κ3) is 2.98. The van der Waals surface area contributed by atoms with E-state index in [4.69, 9.17) is 0 Å². The van der Waals surface area contributed by atoms with Crippen molar-refractivity contribution in [3.05, 3.63) is 0 Å². The van der Waals surface area contributed by atoms with Crippen molar-refractivity contribution in [3.8, 4) is 0 Å². The summed E-state index contributed by atoms with van der Waals surface area (Å²) >= 11 is 0. The van der Waals surface area contributed by atoms with Gasteiger partial charge in [-0.05, 0) is 31.2 Å². The van der Waals surface area contributed by atoms with Crippen LogP contribution in [-0.4, -0.2) is 24.5 Å². The standard InChI is InChI=1S/C13H27N/c1-4-7-9-13(8-5-2)11-14(12-13)10-6-3/h4-12H2,1-3H3. The Kier molecular flexibility index (Phi) is 4.94. The summed E-state index contributed by atoms with van der Waals surface area (Å²) in [6.45, 7) is 11.0. The highest BCUT2D eigenvalue weighted by Crippen LogP contribution is 2.39. The molecule has 0 aromatic rings. The maximum Gasteiger partial charge on any atom is 0.00505 e. The summed E-state index contributed by atoms with van der Waals surface area (Å²) in [5.41, 5.74) is 0.722. The maximum absolute atomic E-state index is 2.63. The molecule has 1 aliphatic rings. The molecule has 0 bridgehead atoms. The lowest BCUT2D eigenvalue weighted by Crippen LogP contribution is -2.56. The molecule has 14 heavy (non-hydrogen) atoms. The predicted molar refractivity (Wildman–Crippen MR) is 63.6 cm³/mol. The van der Waals surface area contributed by atoms with Gasteiger partial charge in [0, 0.05) is 13.1 Å². The van der Waals surface area contributed by atoms with E-state index in [1.807, 2.05) is 0 Å². The van der Waals surface area contributed by atoms with Crippen molar-refractivity contribution >= 4 is 0 Å². The first-order chi connectivity index (χ1) is 6.76. The quantitative estimate of drug-likeness (QED) is 0.601. The van der Waals surface area contributed by atoms with Crippen LogP contribution < -0.4 is 0 Å². The summed E-state index contributed by atoms with van der Waals surface area (Å²) in [4.78, 5) is 2.63. The van der Waals surface area contributed by atoms with Gasteiger partial charge in [-0.3, -0.25) is 0 Å². The summed E-state index contributed by atoms with van der Waals surface area (Å²) in [5, 5.41) is 0. The van der Waals surface area contributed by atoms with Crippen LogP contribution in [0.3, 0.4) is 0 Å². The minimum absolute atomic E-state index is 0.722. The van der Waals surface area contributed by atoms with E-state index < -0.39 is 0 Å². The van der Waals surface area contributed by atoms with Gasteiger partial charge in [-0.25, -0.2) is 0 Å². The van der Waals surface area contributed by atoms with Gasteiger partial charge in [0.05, 0.1) is 0 Å². The zero-order valence-electron chi connectivity index (χ0n) is 10.3. The minimum Gasteiger partial charge on any atom is -0.302 e. The summed E-state index contributed by atoms with van der Waals surface area (Å²) < 4.78 is 0. The van der Waals surface area contributed by atoms with Crippen molar-refractivity contribution in [2.45, 2.75) is 59.3 Å². The van der Waals surface area contributed by atoms with Crippen molar-refractivity contribution in [1.82, 2.24) is 4.90 Å². The third-order valence-corrected chi connectivity index (χ3v) is 3.50. The molecule has 1 fully saturated rings. The average molecular weight is 197 g/mol. The van der Waals surface area contributed by atoms with Crippen molar-refractivity contribution in [2.75, 3.05) is 19.6 Å². The van der Waals surface area contributed by atoms with E-state index in [0.717, 1.165) is 5.41 Å². The summed E-state index contributed by atoms with van der Waals surface area (Å²) in [5.74, 6) is 0. The molecule has 0 unspecified atom stereocenters. The Balaban J connectivity index is 2.28. The molecule has 84 valence electrons. The smallest absolute Gasteiger partial charge is 0.00505 e. The number of rotatable bonds is 7. The van der Waals surface area contributed by atoms with Crippen LogP contribution in [0.25, 0.3) is 0 Å². The Morgan fingerprint density at radius 3 is 2.14 bits per heavy atom. The molecule has 1 heteroatoms. The molecule has 1 heterocycles. The molecule has 0 radical (unpaired) electrons. The van der Waals surface area contributed by atoms with Gasteiger partial charge >= 0.3 is 0 Å². The Morgan fingerprint density at radius 1 is 0.929 bits per heavy atom. The minimum atomic E-state index is 0.722. The molecule has 0 aliphatic carbocycles. The van der Waals surface area contributed by atoms with Crippen LogP contribution in [0.5, 0.6) is 0 Å². The number of nitrogens with zero attached hydrogens (tertiary/aromatic N) is 1. The molecule has 0 aromatic heterocycles. The Labute approximate surface area is 89.9 Å². The molecule has 1 nitrogen and oxygen atoms in total. The molecule has 0 saturated carbocycles. The average Bonchev–Trinajstić information content (AvgIpc) is 2.12. The van der Waals surface area contributed by atoms with Crippen LogP contribution >= 0.6 is 0 Å². The van der Waals surface area contributed by atoms with Gasteiger partial charge in [0.1, 0.15) is 0 Å². The topological polar surface area (TPSA) is 3.24 Å². The van der Waals surface area contributed by atoms with Crippen LogP contribution in [0.4, 0.5) is 0 Å². The molecule has 1 saturated heterocycles. The Bertz CT molecular complexity index is 147. The van der Waals surface area contributed by atoms with Crippen molar-refractivity contribution in [2.24, 2.45) is 5.41 Å². The zero-order chi connectivity index (χ0) is 10.4. The molecular weight excluding hydrogens is 170 g/mol. The van der Waals surface area contributed by atoms with E-state index in [0.29, 0.717) is 0 Å². The van der Waals surface area contributed by atoms with Crippen LogP contribution in [0, 0.1) is 5.41 Å². The first kappa shape index (κ1) is 12.0. The third-order valence-electron chi connectivity index (χ3n) is 3.50. The first-order valence-electron chi connectivity index (χ1n) is 6.48. The van der Waals surface area contributed by atoms with Crippen molar-refractivity contribution in [1.29, 1.82) is 0 Å². The summed E-state index contributed by atoms with van der Waals surface area (Å²) in [7, 11) is 0. The van der Waals surface area contributed by atoms with Crippen molar-refractivity contribution < 1.29 is 0 Å². The monoisotopic (exact) mass is 197 g/mol. The second-order valence-corrected chi connectivity index (χ2v) is 5.06. The molecule has 1 aliphatic heterocycles. The van der Waals surface area contributed by atoms with E-state index in [2.05, 4.69) is 25.7 Å². The molecule has 0 atom stereocenters. The van der Waals surface area contributed by atoms with E-state index in [1.165, 1.54) is 58.2 Å². The zero-order valence-corrected chi connectivity index (χ0v) is 10.3. The van der Waals surface area contributed by atoms with E-state index in [-0.39, 0.29) is 0 Å². The largest absolute Gasteiger partial charge is 0.302 e. The predicted octanol–water partition coefficient (Wildman–Crippen LogP) is 3.69. The number of unbranched alkanes of at least 4 members (excludes halogenated alkanes) is 1. The van der Waals surface area contributed by atoms with E-state index in [1.54, 1.807) is 0 Å². The van der Waals surface area contributed by atoms with Gasteiger partial charge in [-0.2, -0.15) is 0 Å². The molecular formula is C13H27N. The molecule has 1 rings (SSSR count). The van der Waals surface area contributed by atoms with Gasteiger partial charge in [0.2, 0.25) is 0 Å².